The van der Waals surface area contributed by atoms with Gasteiger partial charge in [0.05, 0.1) is 19.6 Å². The largest absolute Gasteiger partial charge is 0.469 e. The first-order valence-corrected chi connectivity index (χ1v) is 5.47. The molecule has 0 saturated carbocycles. The summed E-state index contributed by atoms with van der Waals surface area (Å²) < 4.78 is 10.0. The Bertz CT molecular complexity index is 202. The van der Waals surface area contributed by atoms with Crippen molar-refractivity contribution in [2.24, 2.45) is 11.8 Å². The molecule has 15 heavy (non-hydrogen) atoms. The summed E-state index contributed by atoms with van der Waals surface area (Å²) in [5.74, 6) is 0.437. The first kappa shape index (κ1) is 12.5. The molecule has 0 aromatic carbocycles. The molecular formula is C11H21NO3. The number of nitrogens with zero attached hydrogens (tertiary/aromatic N) is 1. The Morgan fingerprint density at radius 1 is 1.67 bits per heavy atom. The average Bonchev–Trinajstić information content (AvgIpc) is 2.68. The molecular weight excluding hydrogens is 194 g/mol. The molecule has 1 aliphatic heterocycles. The molecule has 0 N–H and O–H groups in total. The Balaban J connectivity index is 2.22. The highest BCUT2D eigenvalue weighted by atomic mass is 16.5. The SMILES string of the molecule is COC(=O)[C@H](C)CN(C)C[C@H]1CCOC1. The lowest BCUT2D eigenvalue weighted by atomic mass is 10.1. The molecule has 1 fully saturated rings. The van der Waals surface area contributed by atoms with Crippen LogP contribution in [-0.2, 0) is 14.3 Å². The Kier molecular flexibility index (Phi) is 5.05. The molecule has 2 atom stereocenters. The van der Waals surface area contributed by atoms with E-state index in [9.17, 15) is 4.79 Å². The second-order valence-electron chi connectivity index (χ2n) is 4.38. The van der Waals surface area contributed by atoms with E-state index < -0.39 is 0 Å². The minimum Gasteiger partial charge on any atom is -0.469 e. The Morgan fingerprint density at radius 3 is 2.93 bits per heavy atom. The van der Waals surface area contributed by atoms with Crippen LogP contribution in [0.25, 0.3) is 0 Å². The number of carbonyl (C=O) groups excluding carboxylic acids is 1. The highest BCUT2D eigenvalue weighted by Crippen LogP contribution is 2.14. The van der Waals surface area contributed by atoms with Crippen molar-refractivity contribution < 1.29 is 14.3 Å². The molecule has 4 heteroatoms. The van der Waals surface area contributed by atoms with Crippen LogP contribution in [0, 0.1) is 11.8 Å². The average molecular weight is 215 g/mol. The zero-order chi connectivity index (χ0) is 11.3. The molecule has 0 radical (unpaired) electrons. The highest BCUT2D eigenvalue weighted by molar-refractivity contribution is 5.71. The first-order valence-electron chi connectivity index (χ1n) is 5.47. The monoisotopic (exact) mass is 215 g/mol. The van der Waals surface area contributed by atoms with Crippen molar-refractivity contribution in [2.45, 2.75) is 13.3 Å². The van der Waals surface area contributed by atoms with Crippen LogP contribution < -0.4 is 0 Å². The third-order valence-corrected chi connectivity index (χ3v) is 2.78. The second-order valence-corrected chi connectivity index (χ2v) is 4.38. The van der Waals surface area contributed by atoms with Crippen molar-refractivity contribution in [1.82, 2.24) is 4.90 Å². The highest BCUT2D eigenvalue weighted by Gasteiger charge is 2.20. The van der Waals surface area contributed by atoms with Crippen molar-refractivity contribution in [3.8, 4) is 0 Å². The lowest BCUT2D eigenvalue weighted by Gasteiger charge is -2.22. The standard InChI is InChI=1S/C11H21NO3/c1-9(11(13)14-3)6-12(2)7-10-4-5-15-8-10/h9-10H,4-8H2,1-3H3/t9-,10-/m1/s1. The molecule has 1 aliphatic rings. The van der Waals surface area contributed by atoms with Gasteiger partial charge in [0.2, 0.25) is 0 Å². The maximum absolute atomic E-state index is 11.2. The molecule has 0 unspecified atom stereocenters. The van der Waals surface area contributed by atoms with Gasteiger partial charge in [0.1, 0.15) is 0 Å². The lowest BCUT2D eigenvalue weighted by molar-refractivity contribution is -0.145. The topological polar surface area (TPSA) is 38.8 Å². The van der Waals surface area contributed by atoms with Gasteiger partial charge in [0, 0.05) is 19.7 Å². The molecule has 1 saturated heterocycles. The van der Waals surface area contributed by atoms with E-state index in [4.69, 9.17) is 9.47 Å². The number of esters is 1. The maximum atomic E-state index is 11.2. The van der Waals surface area contributed by atoms with Crippen LogP contribution in [0.5, 0.6) is 0 Å². The van der Waals surface area contributed by atoms with Gasteiger partial charge < -0.3 is 14.4 Å². The van der Waals surface area contributed by atoms with Crippen LogP contribution >= 0.6 is 0 Å². The summed E-state index contributed by atoms with van der Waals surface area (Å²) in [4.78, 5) is 13.4. The molecule has 1 heterocycles. The summed E-state index contributed by atoms with van der Waals surface area (Å²) >= 11 is 0. The molecule has 0 bridgehead atoms. The number of ether oxygens (including phenoxy) is 2. The number of hydrogen-bond donors (Lipinski definition) is 0. The van der Waals surface area contributed by atoms with Gasteiger partial charge >= 0.3 is 5.97 Å². The van der Waals surface area contributed by atoms with Gasteiger partial charge in [-0.05, 0) is 19.4 Å². The van der Waals surface area contributed by atoms with Crippen LogP contribution in [0.3, 0.4) is 0 Å². The van der Waals surface area contributed by atoms with E-state index in [0.29, 0.717) is 5.92 Å². The zero-order valence-electron chi connectivity index (χ0n) is 9.86. The summed E-state index contributed by atoms with van der Waals surface area (Å²) in [6.45, 7) is 5.39. The second kappa shape index (κ2) is 6.08. The van der Waals surface area contributed by atoms with Crippen molar-refractivity contribution >= 4 is 5.97 Å². The summed E-state index contributed by atoms with van der Waals surface area (Å²) in [6.07, 6.45) is 1.14. The summed E-state index contributed by atoms with van der Waals surface area (Å²) in [6, 6.07) is 0. The van der Waals surface area contributed by atoms with Crippen LogP contribution in [0.4, 0.5) is 0 Å². The van der Waals surface area contributed by atoms with Gasteiger partial charge in [-0.25, -0.2) is 0 Å². The van der Waals surface area contributed by atoms with E-state index in [2.05, 4.69) is 4.90 Å². The van der Waals surface area contributed by atoms with Gasteiger partial charge in [-0.3, -0.25) is 4.79 Å². The molecule has 4 nitrogen and oxygen atoms in total. The number of rotatable bonds is 5. The Morgan fingerprint density at radius 2 is 2.40 bits per heavy atom. The van der Waals surface area contributed by atoms with Crippen LogP contribution in [0.15, 0.2) is 0 Å². The number of hydrogen-bond acceptors (Lipinski definition) is 4. The van der Waals surface area contributed by atoms with Crippen molar-refractivity contribution in [3.63, 3.8) is 0 Å². The van der Waals surface area contributed by atoms with Crippen molar-refractivity contribution in [1.29, 1.82) is 0 Å². The first-order chi connectivity index (χ1) is 7.13. The fraction of sp³-hybridized carbons (Fsp3) is 0.909. The third-order valence-electron chi connectivity index (χ3n) is 2.78. The van der Waals surface area contributed by atoms with Gasteiger partial charge in [-0.2, -0.15) is 0 Å². The quantitative estimate of drug-likeness (QED) is 0.635. The molecule has 0 aromatic heterocycles. The zero-order valence-corrected chi connectivity index (χ0v) is 9.86. The normalized spacial score (nSPS) is 23.1. The van der Waals surface area contributed by atoms with Gasteiger partial charge in [-0.15, -0.1) is 0 Å². The predicted molar refractivity (Wildman–Crippen MR) is 57.6 cm³/mol. The molecule has 88 valence electrons. The molecule has 0 aromatic rings. The summed E-state index contributed by atoms with van der Waals surface area (Å²) in [5.41, 5.74) is 0. The fourth-order valence-corrected chi connectivity index (χ4v) is 1.99. The van der Waals surface area contributed by atoms with Gasteiger partial charge in [-0.1, -0.05) is 6.92 Å². The Labute approximate surface area is 91.5 Å². The van der Waals surface area contributed by atoms with Crippen molar-refractivity contribution in [3.05, 3.63) is 0 Å². The van der Waals surface area contributed by atoms with E-state index >= 15 is 0 Å². The predicted octanol–water partition coefficient (Wildman–Crippen LogP) is 0.764. The number of carbonyl (C=O) groups is 1. The smallest absolute Gasteiger partial charge is 0.309 e. The van der Waals surface area contributed by atoms with E-state index in [0.717, 1.165) is 32.7 Å². The van der Waals surface area contributed by atoms with E-state index in [-0.39, 0.29) is 11.9 Å². The van der Waals surface area contributed by atoms with E-state index in [1.54, 1.807) is 0 Å². The molecule has 1 rings (SSSR count). The van der Waals surface area contributed by atoms with Crippen molar-refractivity contribution in [2.75, 3.05) is 40.5 Å². The Hall–Kier alpha value is -0.610. The van der Waals surface area contributed by atoms with Crippen LogP contribution in [0.2, 0.25) is 0 Å². The fourth-order valence-electron chi connectivity index (χ4n) is 1.99. The molecule has 0 spiro atoms. The maximum Gasteiger partial charge on any atom is 0.309 e. The molecule has 0 amide bonds. The van der Waals surface area contributed by atoms with E-state index in [1.165, 1.54) is 7.11 Å². The van der Waals surface area contributed by atoms with Crippen LogP contribution in [-0.4, -0.2) is 51.3 Å². The van der Waals surface area contributed by atoms with E-state index in [1.807, 2.05) is 14.0 Å². The van der Waals surface area contributed by atoms with Gasteiger partial charge in [0.25, 0.3) is 0 Å². The summed E-state index contributed by atoms with van der Waals surface area (Å²) in [5, 5.41) is 0. The van der Waals surface area contributed by atoms with Crippen LogP contribution in [0.1, 0.15) is 13.3 Å². The number of methoxy groups -OCH3 is 1. The minimum absolute atomic E-state index is 0.0534. The minimum atomic E-state index is -0.135. The third kappa shape index (κ3) is 4.18. The van der Waals surface area contributed by atoms with Gasteiger partial charge in [0.15, 0.2) is 0 Å². The lowest BCUT2D eigenvalue weighted by Crippen LogP contribution is -2.33. The summed E-state index contributed by atoms with van der Waals surface area (Å²) in [7, 11) is 3.47. The molecule has 0 aliphatic carbocycles.